The molecule has 1 heterocycles. The number of carbonyl (C=O) groups excluding carboxylic acids is 1. The van der Waals surface area contributed by atoms with Crippen molar-refractivity contribution in [1.29, 1.82) is 0 Å². The van der Waals surface area contributed by atoms with Gasteiger partial charge in [-0.1, -0.05) is 18.2 Å². The van der Waals surface area contributed by atoms with Crippen LogP contribution in [0.15, 0.2) is 42.5 Å². The molecule has 1 N–H and O–H groups in total. The van der Waals surface area contributed by atoms with Gasteiger partial charge in [0.25, 0.3) is 11.6 Å². The lowest BCUT2D eigenvalue weighted by atomic mass is 10.0. The second kappa shape index (κ2) is 9.89. The fourth-order valence-corrected chi connectivity index (χ4v) is 3.94. The van der Waals surface area contributed by atoms with E-state index in [4.69, 9.17) is 0 Å². The number of nitro groups is 1. The number of nitrogens with zero attached hydrogens (tertiary/aromatic N) is 4. The van der Waals surface area contributed by atoms with Crippen molar-refractivity contribution in [2.75, 3.05) is 58.8 Å². The molecule has 2 aromatic rings. The number of nitrogens with one attached hydrogen (secondary N) is 1. The van der Waals surface area contributed by atoms with Gasteiger partial charge in [-0.3, -0.25) is 19.8 Å². The molecule has 0 radical (unpaired) electrons. The van der Waals surface area contributed by atoms with E-state index < -0.39 is 4.92 Å². The average Bonchev–Trinajstić information content (AvgIpc) is 2.75. The van der Waals surface area contributed by atoms with Gasteiger partial charge in [0.1, 0.15) is 0 Å². The van der Waals surface area contributed by atoms with E-state index in [0.717, 1.165) is 37.4 Å². The van der Waals surface area contributed by atoms with Crippen LogP contribution in [0, 0.1) is 17.0 Å². The lowest BCUT2D eigenvalue weighted by Gasteiger charge is -2.38. The molecule has 0 bridgehead atoms. The summed E-state index contributed by atoms with van der Waals surface area (Å²) in [5, 5.41) is 14.2. The van der Waals surface area contributed by atoms with Crippen LogP contribution in [0.3, 0.4) is 0 Å². The second-order valence-corrected chi connectivity index (χ2v) is 8.26. The van der Waals surface area contributed by atoms with Gasteiger partial charge in [-0.2, -0.15) is 0 Å². The van der Waals surface area contributed by atoms with Crippen LogP contribution in [0.1, 0.15) is 27.5 Å². The fourth-order valence-electron chi connectivity index (χ4n) is 3.94. The number of piperazine rings is 1. The largest absolute Gasteiger partial charge is 0.378 e. The van der Waals surface area contributed by atoms with Gasteiger partial charge in [-0.05, 0) is 37.7 Å². The summed E-state index contributed by atoms with van der Waals surface area (Å²) in [7, 11) is 6.13. The molecular weight excluding hydrogens is 394 g/mol. The Morgan fingerprint density at radius 3 is 2.35 bits per heavy atom. The van der Waals surface area contributed by atoms with Crippen LogP contribution < -0.4 is 10.2 Å². The maximum Gasteiger partial charge on any atom is 0.273 e. The third-order valence-corrected chi connectivity index (χ3v) is 5.98. The molecule has 2 aromatic carbocycles. The lowest BCUT2D eigenvalue weighted by Crippen LogP contribution is -2.48. The minimum absolute atomic E-state index is 0.0351. The predicted molar refractivity (Wildman–Crippen MR) is 123 cm³/mol. The molecule has 8 heteroatoms. The molecule has 3 rings (SSSR count). The maximum atomic E-state index is 12.9. The van der Waals surface area contributed by atoms with Crippen LogP contribution in [-0.4, -0.2) is 74.5 Å². The van der Waals surface area contributed by atoms with Crippen LogP contribution in [0.2, 0.25) is 0 Å². The first kappa shape index (κ1) is 22.7. The molecule has 31 heavy (non-hydrogen) atoms. The highest BCUT2D eigenvalue weighted by atomic mass is 16.6. The summed E-state index contributed by atoms with van der Waals surface area (Å²) in [6.45, 7) is 5.84. The number of anilines is 1. The first-order valence-corrected chi connectivity index (χ1v) is 10.5. The highest BCUT2D eigenvalue weighted by Crippen LogP contribution is 2.25. The topological polar surface area (TPSA) is 82.0 Å². The average molecular weight is 426 g/mol. The van der Waals surface area contributed by atoms with Crippen LogP contribution in [0.5, 0.6) is 0 Å². The molecule has 1 aliphatic rings. The van der Waals surface area contributed by atoms with E-state index in [2.05, 4.69) is 51.3 Å². The number of benzene rings is 2. The quantitative estimate of drug-likeness (QED) is 0.543. The third-order valence-electron chi connectivity index (χ3n) is 5.98. The number of hydrogen-bond donors (Lipinski definition) is 1. The predicted octanol–water partition coefficient (Wildman–Crippen LogP) is 2.69. The molecule has 8 nitrogen and oxygen atoms in total. The standard InChI is InChI=1S/C23H31N5O3/c1-17-20(6-5-7-21(17)28(30)31)23(29)24-16-22(27-14-12-26(4)13-15-27)18-8-10-19(11-9-18)25(2)3/h5-11,22H,12-16H2,1-4H3,(H,24,29)/t22-/m1/s1. The molecule has 0 unspecified atom stereocenters. The van der Waals surface area contributed by atoms with Crippen molar-refractivity contribution >= 4 is 17.3 Å². The molecule has 0 aromatic heterocycles. The molecule has 166 valence electrons. The lowest BCUT2D eigenvalue weighted by molar-refractivity contribution is -0.385. The normalized spacial score (nSPS) is 16.0. The highest BCUT2D eigenvalue weighted by Gasteiger charge is 2.25. The number of likely N-dealkylation sites (N-methyl/N-ethyl adjacent to an activating group) is 1. The smallest absolute Gasteiger partial charge is 0.273 e. The van der Waals surface area contributed by atoms with Gasteiger partial charge in [0.15, 0.2) is 0 Å². The number of amides is 1. The first-order valence-electron chi connectivity index (χ1n) is 10.5. The van der Waals surface area contributed by atoms with Crippen molar-refractivity contribution in [3.05, 3.63) is 69.3 Å². The van der Waals surface area contributed by atoms with E-state index in [-0.39, 0.29) is 17.6 Å². The van der Waals surface area contributed by atoms with Crippen molar-refractivity contribution in [1.82, 2.24) is 15.1 Å². The van der Waals surface area contributed by atoms with Crippen molar-refractivity contribution in [3.63, 3.8) is 0 Å². The Kier molecular flexibility index (Phi) is 7.25. The summed E-state index contributed by atoms with van der Waals surface area (Å²) < 4.78 is 0. The zero-order valence-electron chi connectivity index (χ0n) is 18.7. The Morgan fingerprint density at radius 1 is 1.13 bits per heavy atom. The van der Waals surface area contributed by atoms with Gasteiger partial charge in [-0.15, -0.1) is 0 Å². The molecule has 0 spiro atoms. The molecule has 0 aliphatic carbocycles. The van der Waals surface area contributed by atoms with Crippen LogP contribution in [0.25, 0.3) is 0 Å². The Balaban J connectivity index is 1.79. The molecule has 0 saturated carbocycles. The molecular formula is C23H31N5O3. The minimum Gasteiger partial charge on any atom is -0.378 e. The minimum atomic E-state index is -0.453. The summed E-state index contributed by atoms with van der Waals surface area (Å²) in [4.78, 5) is 30.4. The Hall–Kier alpha value is -2.97. The van der Waals surface area contributed by atoms with Gasteiger partial charge in [-0.25, -0.2) is 0 Å². The second-order valence-electron chi connectivity index (χ2n) is 8.26. The highest BCUT2D eigenvalue weighted by molar-refractivity contribution is 5.96. The Morgan fingerprint density at radius 2 is 1.77 bits per heavy atom. The molecule has 1 amide bonds. The van der Waals surface area contributed by atoms with Gasteiger partial charge < -0.3 is 15.1 Å². The number of hydrogen-bond acceptors (Lipinski definition) is 6. The molecule has 1 saturated heterocycles. The third kappa shape index (κ3) is 5.39. The zero-order chi connectivity index (χ0) is 22.5. The summed E-state index contributed by atoms with van der Waals surface area (Å²) in [6, 6.07) is 13.0. The van der Waals surface area contributed by atoms with Gasteiger partial charge in [0.2, 0.25) is 0 Å². The van der Waals surface area contributed by atoms with E-state index in [1.807, 2.05) is 14.1 Å². The van der Waals surface area contributed by atoms with Crippen molar-refractivity contribution in [3.8, 4) is 0 Å². The fraction of sp³-hybridized carbons (Fsp3) is 0.435. The summed E-state index contributed by atoms with van der Waals surface area (Å²) >= 11 is 0. The first-order chi connectivity index (χ1) is 14.8. The van der Waals surface area contributed by atoms with Gasteiger partial charge >= 0.3 is 0 Å². The molecule has 1 fully saturated rings. The van der Waals surface area contributed by atoms with Crippen molar-refractivity contribution < 1.29 is 9.72 Å². The van der Waals surface area contributed by atoms with E-state index >= 15 is 0 Å². The molecule has 1 aliphatic heterocycles. The Labute approximate surface area is 183 Å². The Bertz CT molecular complexity index is 921. The monoisotopic (exact) mass is 425 g/mol. The van der Waals surface area contributed by atoms with E-state index in [0.29, 0.717) is 17.7 Å². The van der Waals surface area contributed by atoms with E-state index in [1.54, 1.807) is 19.1 Å². The molecule has 1 atom stereocenters. The summed E-state index contributed by atoms with van der Waals surface area (Å²) in [5.41, 5.74) is 2.96. The van der Waals surface area contributed by atoms with E-state index in [9.17, 15) is 14.9 Å². The number of nitro benzene ring substituents is 1. The maximum absolute atomic E-state index is 12.9. The van der Waals surface area contributed by atoms with Gasteiger partial charge in [0.05, 0.1) is 11.0 Å². The SMILES string of the molecule is Cc1c(C(=O)NC[C@H](c2ccc(N(C)C)cc2)N2CCN(C)CC2)cccc1[N+](=O)[O-]. The summed E-state index contributed by atoms with van der Waals surface area (Å²) in [6.07, 6.45) is 0. The number of carbonyl (C=O) groups is 1. The van der Waals surface area contributed by atoms with Crippen molar-refractivity contribution in [2.45, 2.75) is 13.0 Å². The summed E-state index contributed by atoms with van der Waals surface area (Å²) in [5.74, 6) is -0.287. The van der Waals surface area contributed by atoms with E-state index in [1.165, 1.54) is 6.07 Å². The number of rotatable bonds is 7. The van der Waals surface area contributed by atoms with Crippen LogP contribution in [0.4, 0.5) is 11.4 Å². The van der Waals surface area contributed by atoms with Crippen molar-refractivity contribution in [2.24, 2.45) is 0 Å². The zero-order valence-corrected chi connectivity index (χ0v) is 18.7. The van der Waals surface area contributed by atoms with Crippen LogP contribution in [-0.2, 0) is 0 Å². The van der Waals surface area contributed by atoms with Crippen LogP contribution >= 0.6 is 0 Å². The van der Waals surface area contributed by atoms with Gasteiger partial charge in [0, 0.05) is 69.7 Å².